The Labute approximate surface area is 138 Å². The van der Waals surface area contributed by atoms with E-state index < -0.39 is 0 Å². The molecule has 0 fully saturated rings. The molecule has 1 N–H and O–H groups in total. The molecule has 3 aromatic rings. The van der Waals surface area contributed by atoms with E-state index in [2.05, 4.69) is 5.32 Å². The van der Waals surface area contributed by atoms with Gasteiger partial charge in [-0.3, -0.25) is 4.79 Å². The highest BCUT2D eigenvalue weighted by Crippen LogP contribution is 2.25. The second-order valence-electron chi connectivity index (χ2n) is 5.13. The number of halogens is 2. The van der Waals surface area contributed by atoms with Gasteiger partial charge in [0.05, 0.1) is 6.42 Å². The van der Waals surface area contributed by atoms with Crippen LogP contribution in [0.15, 0.2) is 48.7 Å². The number of hydrogen-bond acceptors (Lipinski definition) is 1. The molecule has 0 unspecified atom stereocenters. The van der Waals surface area contributed by atoms with Gasteiger partial charge in [0.15, 0.2) is 0 Å². The summed E-state index contributed by atoms with van der Waals surface area (Å²) in [6, 6.07) is 13.1. The summed E-state index contributed by atoms with van der Waals surface area (Å²) < 4.78 is 2.01. The van der Waals surface area contributed by atoms with Gasteiger partial charge in [0.1, 0.15) is 0 Å². The summed E-state index contributed by atoms with van der Waals surface area (Å²) in [5.74, 6) is -0.149. The van der Waals surface area contributed by atoms with E-state index in [4.69, 9.17) is 23.2 Å². The van der Waals surface area contributed by atoms with Crippen LogP contribution in [0.5, 0.6) is 0 Å². The van der Waals surface area contributed by atoms with Crippen molar-refractivity contribution in [3.63, 3.8) is 0 Å². The summed E-state index contributed by atoms with van der Waals surface area (Å²) in [5, 5.41) is 5.02. The van der Waals surface area contributed by atoms with Gasteiger partial charge in [-0.1, -0.05) is 35.3 Å². The van der Waals surface area contributed by atoms with Gasteiger partial charge >= 0.3 is 0 Å². The number of carbonyl (C=O) groups excluding carboxylic acids is 1. The van der Waals surface area contributed by atoms with Crippen molar-refractivity contribution in [2.45, 2.75) is 6.42 Å². The molecule has 0 saturated carbocycles. The topological polar surface area (TPSA) is 34.0 Å². The number of nitrogens with zero attached hydrogens (tertiary/aromatic N) is 1. The highest BCUT2D eigenvalue weighted by Gasteiger charge is 2.11. The molecule has 0 spiro atoms. The third-order valence-corrected chi connectivity index (χ3v) is 4.28. The number of carbonyl (C=O) groups is 1. The maximum Gasteiger partial charge on any atom is 0.228 e. The van der Waals surface area contributed by atoms with Gasteiger partial charge in [-0.15, -0.1) is 0 Å². The van der Waals surface area contributed by atoms with Crippen LogP contribution in [0.3, 0.4) is 0 Å². The molecule has 5 heteroatoms. The van der Waals surface area contributed by atoms with Crippen molar-refractivity contribution in [2.24, 2.45) is 7.05 Å². The van der Waals surface area contributed by atoms with Crippen LogP contribution in [0.4, 0.5) is 5.69 Å². The van der Waals surface area contributed by atoms with Crippen LogP contribution in [0.1, 0.15) is 5.56 Å². The number of aryl methyl sites for hydroxylation is 1. The smallest absolute Gasteiger partial charge is 0.228 e. The highest BCUT2D eigenvalue weighted by atomic mass is 35.5. The number of anilines is 1. The molecular weight excluding hydrogens is 319 g/mol. The molecule has 22 heavy (non-hydrogen) atoms. The number of rotatable bonds is 3. The average molecular weight is 333 g/mol. The van der Waals surface area contributed by atoms with Gasteiger partial charge in [-0.25, -0.2) is 0 Å². The minimum atomic E-state index is -0.149. The van der Waals surface area contributed by atoms with Crippen LogP contribution in [0, 0.1) is 0 Å². The Morgan fingerprint density at radius 3 is 2.59 bits per heavy atom. The molecule has 0 aliphatic carbocycles. The molecule has 3 nitrogen and oxygen atoms in total. The van der Waals surface area contributed by atoms with Crippen LogP contribution >= 0.6 is 23.2 Å². The molecule has 3 rings (SSSR count). The molecule has 0 radical (unpaired) electrons. The van der Waals surface area contributed by atoms with Gasteiger partial charge in [0.25, 0.3) is 0 Å². The van der Waals surface area contributed by atoms with Gasteiger partial charge in [-0.05, 0) is 41.3 Å². The van der Waals surface area contributed by atoms with E-state index in [-0.39, 0.29) is 12.3 Å². The Balaban J connectivity index is 1.79. The van der Waals surface area contributed by atoms with Crippen molar-refractivity contribution in [1.82, 2.24) is 4.57 Å². The average Bonchev–Trinajstić information content (AvgIpc) is 2.84. The van der Waals surface area contributed by atoms with Crippen LogP contribution in [0.25, 0.3) is 10.9 Å². The van der Waals surface area contributed by atoms with Gasteiger partial charge in [-0.2, -0.15) is 0 Å². The molecule has 0 aliphatic heterocycles. The lowest BCUT2D eigenvalue weighted by Crippen LogP contribution is -2.15. The molecule has 112 valence electrons. The van der Waals surface area contributed by atoms with Gasteiger partial charge < -0.3 is 9.88 Å². The molecular formula is C17H14Cl2N2O. The zero-order chi connectivity index (χ0) is 15.7. The lowest BCUT2D eigenvalue weighted by Gasteiger charge is -2.09. The van der Waals surface area contributed by atoms with Crippen LogP contribution < -0.4 is 5.32 Å². The Hall–Kier alpha value is -1.97. The number of hydrogen-bond donors (Lipinski definition) is 1. The molecule has 0 aliphatic rings. The number of nitrogens with one attached hydrogen (secondary N) is 1. The van der Waals surface area contributed by atoms with E-state index in [1.807, 2.05) is 42.1 Å². The van der Waals surface area contributed by atoms with E-state index in [1.54, 1.807) is 18.2 Å². The fourth-order valence-electron chi connectivity index (χ4n) is 2.41. The summed E-state index contributed by atoms with van der Waals surface area (Å²) >= 11 is 12.2. The Bertz CT molecular complexity index is 835. The fraction of sp³-hybridized carbons (Fsp3) is 0.118. The first-order valence-electron chi connectivity index (χ1n) is 6.82. The quantitative estimate of drug-likeness (QED) is 0.743. The molecule has 1 aromatic heterocycles. The Morgan fingerprint density at radius 1 is 1.14 bits per heavy atom. The summed E-state index contributed by atoms with van der Waals surface area (Å²) in [4.78, 5) is 12.2. The van der Waals surface area contributed by atoms with Crippen molar-refractivity contribution in [3.05, 3.63) is 64.3 Å². The number of benzene rings is 2. The van der Waals surface area contributed by atoms with E-state index in [0.29, 0.717) is 15.6 Å². The summed E-state index contributed by atoms with van der Waals surface area (Å²) in [6.45, 7) is 0. The number of amides is 1. The van der Waals surface area contributed by atoms with E-state index in [9.17, 15) is 4.79 Å². The maximum atomic E-state index is 12.2. The Kier molecular flexibility index (Phi) is 4.10. The van der Waals surface area contributed by atoms with Crippen molar-refractivity contribution >= 4 is 45.7 Å². The number of aromatic nitrogens is 1. The SMILES string of the molecule is Cn1ccc2ccc(NC(=O)Cc3c(Cl)cccc3Cl)cc21. The lowest BCUT2D eigenvalue weighted by atomic mass is 10.1. The van der Waals surface area contributed by atoms with Crippen molar-refractivity contribution < 1.29 is 4.79 Å². The Morgan fingerprint density at radius 2 is 1.86 bits per heavy atom. The van der Waals surface area contributed by atoms with Gasteiger partial charge in [0.2, 0.25) is 5.91 Å². The predicted molar refractivity (Wildman–Crippen MR) is 91.7 cm³/mol. The minimum Gasteiger partial charge on any atom is -0.350 e. The van der Waals surface area contributed by atoms with Gasteiger partial charge in [0, 0.05) is 34.5 Å². The zero-order valence-electron chi connectivity index (χ0n) is 11.9. The summed E-state index contributed by atoms with van der Waals surface area (Å²) in [5.41, 5.74) is 2.46. The maximum absolute atomic E-state index is 12.2. The van der Waals surface area contributed by atoms with Crippen molar-refractivity contribution in [1.29, 1.82) is 0 Å². The highest BCUT2D eigenvalue weighted by molar-refractivity contribution is 6.36. The van der Waals surface area contributed by atoms with Crippen LogP contribution in [-0.2, 0) is 18.3 Å². The second-order valence-corrected chi connectivity index (χ2v) is 5.94. The first kappa shape index (κ1) is 14.9. The molecule has 1 heterocycles. The van der Waals surface area contributed by atoms with Crippen LogP contribution in [0.2, 0.25) is 10.0 Å². The van der Waals surface area contributed by atoms with Crippen LogP contribution in [-0.4, -0.2) is 10.5 Å². The summed E-state index contributed by atoms with van der Waals surface area (Å²) in [7, 11) is 1.97. The summed E-state index contributed by atoms with van der Waals surface area (Å²) in [6.07, 6.45) is 2.13. The molecule has 1 amide bonds. The first-order valence-corrected chi connectivity index (χ1v) is 7.58. The monoisotopic (exact) mass is 332 g/mol. The normalized spacial score (nSPS) is 10.9. The molecule has 0 saturated heterocycles. The standard InChI is InChI=1S/C17H14Cl2N2O/c1-21-8-7-11-5-6-12(9-16(11)21)20-17(22)10-13-14(18)3-2-4-15(13)19/h2-9H,10H2,1H3,(H,20,22). The van der Waals surface area contributed by atoms with Crippen molar-refractivity contribution in [3.8, 4) is 0 Å². The third kappa shape index (κ3) is 2.96. The van der Waals surface area contributed by atoms with E-state index in [0.717, 1.165) is 16.6 Å². The fourth-order valence-corrected chi connectivity index (χ4v) is 2.94. The van der Waals surface area contributed by atoms with E-state index >= 15 is 0 Å². The predicted octanol–water partition coefficient (Wildman–Crippen LogP) is 4.67. The second kappa shape index (κ2) is 6.03. The molecule has 2 aromatic carbocycles. The zero-order valence-corrected chi connectivity index (χ0v) is 13.4. The molecule has 0 atom stereocenters. The number of fused-ring (bicyclic) bond motifs is 1. The lowest BCUT2D eigenvalue weighted by molar-refractivity contribution is -0.115. The first-order chi connectivity index (χ1) is 10.5. The van der Waals surface area contributed by atoms with Crippen molar-refractivity contribution in [2.75, 3.05) is 5.32 Å². The van der Waals surface area contributed by atoms with E-state index in [1.165, 1.54) is 0 Å². The largest absolute Gasteiger partial charge is 0.350 e. The molecule has 0 bridgehead atoms. The minimum absolute atomic E-state index is 0.143. The third-order valence-electron chi connectivity index (χ3n) is 3.57.